The highest BCUT2D eigenvalue weighted by molar-refractivity contribution is 7.20. The molecule has 0 spiro atoms. The smallest absolute Gasteiger partial charge is 0.113 e. The third-order valence-electron chi connectivity index (χ3n) is 8.59. The molecule has 2 aromatic carbocycles. The number of fused-ring (bicyclic) bond motifs is 6. The molecule has 38 heavy (non-hydrogen) atoms. The molecule has 0 atom stereocenters. The Hall–Kier alpha value is -3.69. The van der Waals surface area contributed by atoms with Crippen molar-refractivity contribution < 1.29 is 0 Å². The lowest BCUT2D eigenvalue weighted by Gasteiger charge is -2.20. The maximum atomic E-state index is 5.06. The van der Waals surface area contributed by atoms with Crippen molar-refractivity contribution in [3.05, 3.63) is 106 Å². The van der Waals surface area contributed by atoms with Gasteiger partial charge in [-0.3, -0.25) is 4.57 Å². The maximum absolute atomic E-state index is 5.06. The van der Waals surface area contributed by atoms with Crippen molar-refractivity contribution in [1.29, 1.82) is 0 Å². The number of hydrogen-bond donors (Lipinski definition) is 0. The van der Waals surface area contributed by atoms with E-state index in [0.717, 1.165) is 44.9 Å². The highest BCUT2D eigenvalue weighted by Crippen LogP contribution is 2.42. The molecule has 0 unspecified atom stereocenters. The number of aryl methyl sites for hydroxylation is 2. The first-order valence-electron chi connectivity index (χ1n) is 14.0. The minimum absolute atomic E-state index is 0.978. The lowest BCUT2D eigenvalue weighted by Crippen LogP contribution is -2.17. The minimum atomic E-state index is 0.978. The summed E-state index contributed by atoms with van der Waals surface area (Å²) in [4.78, 5) is 6.59. The predicted octanol–water partition coefficient (Wildman–Crippen LogP) is 9.64. The highest BCUT2D eigenvalue weighted by Gasteiger charge is 2.23. The number of benzene rings is 2. The number of aliphatic imine (C=N–C) groups is 1. The Labute approximate surface area is 227 Å². The van der Waals surface area contributed by atoms with Gasteiger partial charge < -0.3 is 0 Å². The number of rotatable bonds is 2. The summed E-state index contributed by atoms with van der Waals surface area (Å²) in [7, 11) is 0. The number of allylic oxidation sites excluding steroid dienone is 7. The Balaban J connectivity index is 1.27. The number of nitrogens with zero attached hydrogens (tertiary/aromatic N) is 2. The molecule has 3 heteroatoms. The molecule has 8 rings (SSSR count). The summed E-state index contributed by atoms with van der Waals surface area (Å²) >= 11 is 1.99. The highest BCUT2D eigenvalue weighted by atomic mass is 32.1. The number of hydrogen-bond acceptors (Lipinski definition) is 2. The third-order valence-corrected chi connectivity index (χ3v) is 9.90. The molecule has 0 amide bonds. The molecule has 3 heterocycles. The van der Waals surface area contributed by atoms with Crippen molar-refractivity contribution in [2.75, 3.05) is 0 Å². The molecular formula is C35H30N2S. The average Bonchev–Trinajstić information content (AvgIpc) is 3.53. The van der Waals surface area contributed by atoms with Crippen LogP contribution < -0.4 is 0 Å². The average molecular weight is 511 g/mol. The second-order valence-electron chi connectivity index (χ2n) is 10.8. The van der Waals surface area contributed by atoms with Crippen LogP contribution in [0.1, 0.15) is 60.2 Å². The van der Waals surface area contributed by atoms with Crippen molar-refractivity contribution in [1.82, 2.24) is 4.57 Å². The van der Waals surface area contributed by atoms with Crippen LogP contribution in [0.5, 0.6) is 0 Å². The molecule has 3 aliphatic carbocycles. The summed E-state index contributed by atoms with van der Waals surface area (Å²) in [6, 6.07) is 14.0. The van der Waals surface area contributed by atoms with E-state index in [0.29, 0.717) is 0 Å². The van der Waals surface area contributed by atoms with Gasteiger partial charge in [0.1, 0.15) is 5.84 Å². The summed E-state index contributed by atoms with van der Waals surface area (Å²) in [5.74, 6) is 1.17. The van der Waals surface area contributed by atoms with E-state index in [-0.39, 0.29) is 0 Å². The van der Waals surface area contributed by atoms with Gasteiger partial charge in [0, 0.05) is 33.0 Å². The Kier molecular flexibility index (Phi) is 5.26. The predicted molar refractivity (Wildman–Crippen MR) is 164 cm³/mol. The largest absolute Gasteiger partial charge is 0.298 e. The third kappa shape index (κ3) is 3.49. The summed E-state index contributed by atoms with van der Waals surface area (Å²) in [5.41, 5.74) is 11.1. The fourth-order valence-electron chi connectivity index (χ4n) is 6.69. The molecule has 186 valence electrons. The van der Waals surface area contributed by atoms with Gasteiger partial charge >= 0.3 is 0 Å². The molecule has 0 bridgehead atoms. The van der Waals surface area contributed by atoms with Crippen LogP contribution in [-0.4, -0.2) is 10.4 Å². The summed E-state index contributed by atoms with van der Waals surface area (Å²) in [6.45, 7) is 0. The van der Waals surface area contributed by atoms with Crippen LogP contribution in [0.25, 0.3) is 44.3 Å². The maximum Gasteiger partial charge on any atom is 0.113 e. The second-order valence-corrected chi connectivity index (χ2v) is 11.9. The normalized spacial score (nSPS) is 18.4. The molecule has 0 saturated carbocycles. The van der Waals surface area contributed by atoms with Gasteiger partial charge in [-0.2, -0.15) is 0 Å². The van der Waals surface area contributed by atoms with Crippen LogP contribution in [0.2, 0.25) is 0 Å². The van der Waals surface area contributed by atoms with Crippen molar-refractivity contribution >= 4 is 50.3 Å². The van der Waals surface area contributed by atoms with E-state index in [4.69, 9.17) is 4.99 Å². The first-order valence-corrected chi connectivity index (χ1v) is 14.8. The molecule has 4 aliphatic rings. The zero-order valence-electron chi connectivity index (χ0n) is 21.5. The molecule has 0 fully saturated rings. The van der Waals surface area contributed by atoms with Crippen LogP contribution in [0.3, 0.4) is 0 Å². The van der Waals surface area contributed by atoms with Gasteiger partial charge in [0.15, 0.2) is 0 Å². The Morgan fingerprint density at radius 2 is 1.71 bits per heavy atom. The van der Waals surface area contributed by atoms with E-state index in [1.54, 1.807) is 0 Å². The minimum Gasteiger partial charge on any atom is -0.298 e. The van der Waals surface area contributed by atoms with Gasteiger partial charge in [-0.1, -0.05) is 60.7 Å². The van der Waals surface area contributed by atoms with E-state index in [1.807, 2.05) is 11.3 Å². The quantitative estimate of drug-likeness (QED) is 0.255. The van der Waals surface area contributed by atoms with Crippen molar-refractivity contribution in [2.24, 2.45) is 4.99 Å². The van der Waals surface area contributed by atoms with Gasteiger partial charge in [0.05, 0.1) is 11.2 Å². The van der Waals surface area contributed by atoms with E-state index in [1.165, 1.54) is 77.2 Å². The fourth-order valence-corrected chi connectivity index (χ4v) is 8.03. The number of thiophene rings is 1. The van der Waals surface area contributed by atoms with Gasteiger partial charge in [-0.15, -0.1) is 11.3 Å². The van der Waals surface area contributed by atoms with Crippen LogP contribution in [-0.2, 0) is 12.8 Å². The topological polar surface area (TPSA) is 17.3 Å². The molecule has 0 radical (unpaired) electrons. The van der Waals surface area contributed by atoms with E-state index in [2.05, 4.69) is 89.7 Å². The van der Waals surface area contributed by atoms with Crippen LogP contribution >= 0.6 is 11.3 Å². The molecule has 2 nitrogen and oxygen atoms in total. The summed E-state index contributed by atoms with van der Waals surface area (Å²) < 4.78 is 3.87. The standard InChI is InChI=1S/C35H30N2S/c1-2-9-23(10-3-1)25-18-20-34(36-22-25)37-31-15-6-4-11-27(31)30-21-24(17-19-32(30)37)26-13-8-14-29-28-12-5-7-16-33(28)38-35(26)29/h1-2,5-6,8-9,12-15,17,19,21-22H,3-4,7,10-11,16,18,20H2. The van der Waals surface area contributed by atoms with Crippen molar-refractivity contribution in [3.63, 3.8) is 0 Å². The molecule has 2 aromatic heterocycles. The van der Waals surface area contributed by atoms with E-state index < -0.39 is 0 Å². The molecular weight excluding hydrogens is 480 g/mol. The lowest BCUT2D eigenvalue weighted by molar-refractivity contribution is 0.881. The Bertz CT molecular complexity index is 1810. The van der Waals surface area contributed by atoms with Gasteiger partial charge in [-0.25, -0.2) is 4.99 Å². The van der Waals surface area contributed by atoms with Gasteiger partial charge in [0.2, 0.25) is 0 Å². The van der Waals surface area contributed by atoms with Crippen LogP contribution in [0.4, 0.5) is 0 Å². The first-order chi connectivity index (χ1) is 18.8. The molecule has 0 saturated heterocycles. The zero-order valence-corrected chi connectivity index (χ0v) is 22.4. The van der Waals surface area contributed by atoms with Crippen molar-refractivity contribution in [3.8, 4) is 11.1 Å². The molecule has 0 N–H and O–H groups in total. The molecule has 4 aromatic rings. The monoisotopic (exact) mass is 510 g/mol. The van der Waals surface area contributed by atoms with Crippen molar-refractivity contribution in [2.45, 2.75) is 51.4 Å². The van der Waals surface area contributed by atoms with Gasteiger partial charge in [0.25, 0.3) is 0 Å². The Morgan fingerprint density at radius 1 is 0.789 bits per heavy atom. The van der Waals surface area contributed by atoms with Gasteiger partial charge in [-0.05, 0) is 96.6 Å². The number of aromatic nitrogens is 1. The zero-order chi connectivity index (χ0) is 25.1. The lowest BCUT2D eigenvalue weighted by atomic mass is 9.93. The summed E-state index contributed by atoms with van der Waals surface area (Å²) in [6.07, 6.45) is 27.0. The van der Waals surface area contributed by atoms with Crippen LogP contribution in [0, 0.1) is 0 Å². The Morgan fingerprint density at radius 3 is 2.61 bits per heavy atom. The van der Waals surface area contributed by atoms with E-state index >= 15 is 0 Å². The fraction of sp³-hybridized carbons (Fsp3) is 0.229. The van der Waals surface area contributed by atoms with E-state index in [9.17, 15) is 0 Å². The SMILES string of the molecule is C1=CCCC(C2=CN=C(n3c4c(c5cc(-c6cccc7c8c(sc67)CCC=C8)ccc53)CCC=C4)CC2)=C1. The molecule has 1 aliphatic heterocycles. The van der Waals surface area contributed by atoms with Crippen LogP contribution in [0.15, 0.2) is 89.1 Å². The summed E-state index contributed by atoms with van der Waals surface area (Å²) in [5, 5.41) is 2.79. The first kappa shape index (κ1) is 22.3. The second kappa shape index (κ2) is 8.96.